The molecule has 2 aliphatic rings. The summed E-state index contributed by atoms with van der Waals surface area (Å²) in [6.07, 6.45) is 8.54. The van der Waals surface area contributed by atoms with E-state index in [0.717, 1.165) is 24.3 Å². The van der Waals surface area contributed by atoms with Gasteiger partial charge >= 0.3 is 148 Å². The van der Waals surface area contributed by atoms with Crippen LogP contribution in [0.1, 0.15) is 67.9 Å². The first kappa shape index (κ1) is 73.8. The van der Waals surface area contributed by atoms with Crippen molar-refractivity contribution in [2.45, 2.75) is 32.6 Å². The van der Waals surface area contributed by atoms with E-state index in [1.165, 1.54) is 51.3 Å². The molecule has 71 heavy (non-hydrogen) atoms. The number of aromatic carboxylic acids is 2. The van der Waals surface area contributed by atoms with Crippen LogP contribution in [-0.4, -0.2) is 70.2 Å². The van der Waals surface area contributed by atoms with Gasteiger partial charge in [0.25, 0.3) is 0 Å². The predicted octanol–water partition coefficient (Wildman–Crippen LogP) is -8.95. The Kier molecular flexibility index (Phi) is 32.1. The average molecular weight is 1110 g/mol. The Bertz CT molecular complexity index is 3110. The van der Waals surface area contributed by atoms with E-state index in [4.69, 9.17) is 46.4 Å². The number of ketones is 2. The van der Waals surface area contributed by atoms with Gasteiger partial charge in [0, 0.05) is 37.3 Å². The van der Waals surface area contributed by atoms with E-state index in [-0.39, 0.29) is 224 Å². The Morgan fingerprint density at radius 1 is 0.577 bits per heavy atom. The van der Waals surface area contributed by atoms with Gasteiger partial charge in [-0.3, -0.25) is 0 Å². The van der Waals surface area contributed by atoms with Crippen LogP contribution >= 0.6 is 46.4 Å². The maximum Gasteiger partial charge on any atom is 1.00 e. The molecular formula is C46H29Cl4Na5O15S-2. The minimum absolute atomic E-state index is 0. The van der Waals surface area contributed by atoms with Gasteiger partial charge in [0.15, 0.2) is 0 Å². The summed E-state index contributed by atoms with van der Waals surface area (Å²) < 4.78 is 35.3. The maximum atomic E-state index is 12.2. The summed E-state index contributed by atoms with van der Waals surface area (Å²) in [4.78, 5) is 69.4. The molecule has 6 rings (SSSR count). The third kappa shape index (κ3) is 16.5. The molecule has 0 saturated carbocycles. The number of rotatable bonds is 9. The van der Waals surface area contributed by atoms with E-state index < -0.39 is 66.2 Å². The van der Waals surface area contributed by atoms with Crippen molar-refractivity contribution in [2.75, 3.05) is 0 Å². The van der Waals surface area contributed by atoms with Crippen molar-refractivity contribution >= 4 is 104 Å². The Labute approximate surface area is 538 Å². The van der Waals surface area contributed by atoms with Crippen LogP contribution in [0.5, 0.6) is 11.5 Å². The van der Waals surface area contributed by atoms with Gasteiger partial charge < -0.3 is 64.7 Å². The number of carboxylic acid groups (broad SMARTS) is 2. The molecule has 344 valence electrons. The van der Waals surface area contributed by atoms with E-state index in [1.807, 2.05) is 0 Å². The minimum Gasteiger partial charge on any atom is -0.870 e. The second kappa shape index (κ2) is 30.9. The monoisotopic (exact) mass is 1110 g/mol. The number of Topliss-reactive ketones (excluding diaryl/α,β-unsaturated/α-hetero) is 2. The minimum atomic E-state index is -5.05. The Morgan fingerprint density at radius 2 is 0.930 bits per heavy atom. The SMILES string of the molecule is CC1=C/C(=C(/c2cc(C)c(O)c(C(=O)[O-])c2)c2c(Cl)cccc2Cl)C=C([C-]=O)C1=O.CC1=CC(=C(c2cc(C)c(O)c(C(=O)[O-])c2)c2c(Cl)ccc(S(=O)(=O)[O-])c2Cl)C=C([C-]=O)C1=O.[Na+].[Na+].[Na+].[Na+].[Na+].[OH-].[OH-]. The van der Waals surface area contributed by atoms with Crippen LogP contribution in [-0.2, 0) is 29.3 Å². The zero-order valence-corrected chi connectivity index (χ0v) is 53.0. The normalized spacial score (nSPS) is 13.9. The first-order valence-corrected chi connectivity index (χ1v) is 21.0. The van der Waals surface area contributed by atoms with Crippen LogP contribution in [0.15, 0.2) is 117 Å². The quantitative estimate of drug-likeness (QED) is 0.0681. The zero-order valence-electron chi connectivity index (χ0n) is 39.2. The molecule has 15 nitrogen and oxygen atoms in total. The molecule has 4 N–H and O–H groups in total. The molecule has 0 aromatic heterocycles. The number of benzene rings is 4. The summed E-state index contributed by atoms with van der Waals surface area (Å²) in [6, 6.07) is 12.1. The number of aryl methyl sites for hydroxylation is 2. The van der Waals surface area contributed by atoms with Gasteiger partial charge in [-0.2, -0.15) is 0 Å². The molecule has 0 bridgehead atoms. The standard InChI is InChI=1S/C23H15Cl2O8S.C23H15Cl2O5.5Na.2H2O/c1-10-5-12(7-14(9-26)21(10)27)18(13-6-11(2)22(28)15(8-13)23(29)30)19-16(24)3-4-17(20(19)25)34(31,32)33;1-11-6-13(8-15(10-26)21(11)27)19(20-17(24)4-3-5-18(20)25)14-7-12(2)22(28)16(9-14)23(29)30;;;;;;;/h3-8,28H,1-2H3,(H,29,30)(H,31,32,33);3-9,28H,1-2H3,(H,29,30);;;;;;2*1H2/q2*-1;5*+1;;/p-5/b;19-13+;;;;;;;. The predicted molar refractivity (Wildman–Crippen MR) is 236 cm³/mol. The van der Waals surface area contributed by atoms with Crippen molar-refractivity contribution in [3.8, 4) is 11.5 Å². The van der Waals surface area contributed by atoms with Crippen LogP contribution < -0.4 is 158 Å². The molecule has 0 heterocycles. The second-order valence-corrected chi connectivity index (χ2v) is 17.0. The summed E-state index contributed by atoms with van der Waals surface area (Å²) in [6.45, 7) is 5.91. The van der Waals surface area contributed by atoms with Gasteiger partial charge in [-0.15, -0.1) is 23.3 Å². The van der Waals surface area contributed by atoms with Crippen LogP contribution in [0, 0.1) is 13.8 Å². The van der Waals surface area contributed by atoms with E-state index in [9.17, 15) is 62.2 Å². The third-order valence-electron chi connectivity index (χ3n) is 9.75. The van der Waals surface area contributed by atoms with Gasteiger partial charge in [0.05, 0.1) is 46.0 Å². The molecule has 25 heteroatoms. The summed E-state index contributed by atoms with van der Waals surface area (Å²) >= 11 is 25.5. The van der Waals surface area contributed by atoms with E-state index in [0.29, 0.717) is 27.8 Å². The Morgan fingerprint density at radius 3 is 1.27 bits per heavy atom. The van der Waals surface area contributed by atoms with Crippen molar-refractivity contribution in [3.63, 3.8) is 0 Å². The summed E-state index contributed by atoms with van der Waals surface area (Å²) in [5.41, 5.74) is 0.787. The number of hydrogen-bond acceptors (Lipinski definition) is 15. The van der Waals surface area contributed by atoms with Gasteiger partial charge in [0.2, 0.25) is 0 Å². The van der Waals surface area contributed by atoms with Crippen molar-refractivity contribution in [2.24, 2.45) is 0 Å². The number of allylic oxidation sites excluding steroid dienone is 10. The van der Waals surface area contributed by atoms with Gasteiger partial charge in [-0.05, 0) is 110 Å². The molecule has 0 radical (unpaired) electrons. The van der Waals surface area contributed by atoms with Crippen molar-refractivity contribution in [1.29, 1.82) is 0 Å². The van der Waals surface area contributed by atoms with Crippen LogP contribution in [0.4, 0.5) is 0 Å². The summed E-state index contributed by atoms with van der Waals surface area (Å²) in [5.74, 6) is -5.32. The van der Waals surface area contributed by atoms with Crippen molar-refractivity contribution in [3.05, 3.63) is 177 Å². The van der Waals surface area contributed by atoms with Crippen LogP contribution in [0.25, 0.3) is 11.1 Å². The Hall–Kier alpha value is -1.47. The number of phenols is 2. The van der Waals surface area contributed by atoms with E-state index in [1.54, 1.807) is 43.6 Å². The number of hydrogen-bond donors (Lipinski definition) is 2. The maximum absolute atomic E-state index is 12.2. The fraction of sp³-hybridized carbons (Fsp3) is 0.0870. The van der Waals surface area contributed by atoms with Crippen molar-refractivity contribution in [1.82, 2.24) is 0 Å². The zero-order chi connectivity index (χ0) is 47.7. The molecule has 0 amide bonds. The third-order valence-corrected chi connectivity index (χ3v) is 12.1. The number of carbonyl (C=O) groups is 4. The van der Waals surface area contributed by atoms with Gasteiger partial charge in [0.1, 0.15) is 21.6 Å². The molecule has 0 saturated heterocycles. The number of carboxylic acids is 2. The number of aromatic hydroxyl groups is 2. The molecular weight excluding hydrogens is 1080 g/mol. The largest absolute Gasteiger partial charge is 1.00 e. The number of carbonyl (C=O) groups excluding carboxylic acids is 6. The van der Waals surface area contributed by atoms with Gasteiger partial charge in [-0.25, -0.2) is 8.42 Å². The topological polar surface area (TPSA) is 306 Å². The van der Waals surface area contributed by atoms with Crippen LogP contribution in [0.3, 0.4) is 0 Å². The molecule has 4 aromatic rings. The van der Waals surface area contributed by atoms with Crippen LogP contribution in [0.2, 0.25) is 20.1 Å². The average Bonchev–Trinajstić information content (AvgIpc) is 3.21. The molecule has 4 aromatic carbocycles. The molecule has 0 fully saturated rings. The first-order chi connectivity index (χ1) is 29.9. The van der Waals surface area contributed by atoms with E-state index >= 15 is 0 Å². The fourth-order valence-electron chi connectivity index (χ4n) is 6.75. The summed E-state index contributed by atoms with van der Waals surface area (Å²) in [7, 11) is -5.05. The van der Waals surface area contributed by atoms with E-state index in [2.05, 4.69) is 0 Å². The second-order valence-electron chi connectivity index (χ2n) is 14.0. The van der Waals surface area contributed by atoms with Gasteiger partial charge in [-0.1, -0.05) is 86.9 Å². The molecule has 0 unspecified atom stereocenters. The molecule has 2 aliphatic carbocycles. The Balaban J connectivity index is -0.00000119. The summed E-state index contributed by atoms with van der Waals surface area (Å²) in [5, 5.41) is 43.3. The first-order valence-electron chi connectivity index (χ1n) is 18.1. The smallest absolute Gasteiger partial charge is 0.870 e. The fourth-order valence-corrected chi connectivity index (χ4v) is 8.74. The molecule has 0 atom stereocenters. The van der Waals surface area contributed by atoms with Crippen molar-refractivity contribution < 1.29 is 221 Å². The molecule has 0 aliphatic heterocycles. The molecule has 0 spiro atoms. The number of halogens is 4.